The van der Waals surface area contributed by atoms with Crippen molar-refractivity contribution >= 4 is 5.91 Å². The number of hydrogen-bond acceptors (Lipinski definition) is 4. The van der Waals surface area contributed by atoms with Crippen molar-refractivity contribution in [1.82, 2.24) is 15.0 Å². The first kappa shape index (κ1) is 20.1. The van der Waals surface area contributed by atoms with Crippen LogP contribution in [-0.2, 0) is 6.18 Å². The highest BCUT2D eigenvalue weighted by Crippen LogP contribution is 2.34. The molecule has 1 saturated heterocycles. The van der Waals surface area contributed by atoms with E-state index in [0.29, 0.717) is 24.7 Å². The molecule has 0 spiro atoms. The Morgan fingerprint density at radius 1 is 1.13 bits per heavy atom. The van der Waals surface area contributed by atoms with Gasteiger partial charge in [0.25, 0.3) is 5.91 Å². The molecular formula is C22H20F3N3O2. The van der Waals surface area contributed by atoms with E-state index in [1.807, 2.05) is 31.2 Å². The maximum absolute atomic E-state index is 13.0. The van der Waals surface area contributed by atoms with Gasteiger partial charge in [0.05, 0.1) is 5.56 Å². The molecule has 5 nitrogen and oxygen atoms in total. The van der Waals surface area contributed by atoms with E-state index >= 15 is 0 Å². The Balaban J connectivity index is 1.61. The summed E-state index contributed by atoms with van der Waals surface area (Å²) < 4.78 is 44.6. The number of carbonyl (C=O) groups is 1. The van der Waals surface area contributed by atoms with Crippen molar-refractivity contribution in [2.45, 2.75) is 38.4 Å². The Hall–Kier alpha value is -3.16. The van der Waals surface area contributed by atoms with Crippen molar-refractivity contribution in [3.05, 3.63) is 71.1 Å². The average molecular weight is 415 g/mol. The SMILES string of the molecule is Cc1ccc(-c2noc(C3CCCCN3C(=O)c3cccc(C(F)(F)F)c3)n2)cc1. The van der Waals surface area contributed by atoms with Gasteiger partial charge in [0.1, 0.15) is 6.04 Å². The van der Waals surface area contributed by atoms with Crippen LogP contribution in [0.4, 0.5) is 13.2 Å². The predicted molar refractivity (Wildman–Crippen MR) is 104 cm³/mol. The first-order valence-electron chi connectivity index (χ1n) is 9.72. The Bertz CT molecular complexity index is 1040. The van der Waals surface area contributed by atoms with Crippen LogP contribution in [0.5, 0.6) is 0 Å². The summed E-state index contributed by atoms with van der Waals surface area (Å²) >= 11 is 0. The molecule has 1 fully saturated rings. The quantitative estimate of drug-likeness (QED) is 0.572. The molecule has 0 saturated carbocycles. The van der Waals surface area contributed by atoms with E-state index in [1.54, 1.807) is 0 Å². The van der Waals surface area contributed by atoms with Crippen LogP contribution in [-0.4, -0.2) is 27.5 Å². The third kappa shape index (κ3) is 4.08. The summed E-state index contributed by atoms with van der Waals surface area (Å²) in [5.74, 6) is 0.244. The molecule has 0 aliphatic carbocycles. The first-order chi connectivity index (χ1) is 14.3. The van der Waals surface area contributed by atoms with Gasteiger partial charge in [-0.05, 0) is 44.4 Å². The Labute approximate surface area is 171 Å². The van der Waals surface area contributed by atoms with Crippen LogP contribution in [0.25, 0.3) is 11.4 Å². The number of rotatable bonds is 3. The highest BCUT2D eigenvalue weighted by atomic mass is 19.4. The summed E-state index contributed by atoms with van der Waals surface area (Å²) in [5.41, 5.74) is 1.05. The van der Waals surface area contributed by atoms with Crippen LogP contribution in [0.2, 0.25) is 0 Å². The monoisotopic (exact) mass is 415 g/mol. The molecule has 156 valence electrons. The first-order valence-corrected chi connectivity index (χ1v) is 9.72. The molecule has 2 heterocycles. The van der Waals surface area contributed by atoms with Gasteiger partial charge in [-0.25, -0.2) is 0 Å². The third-order valence-electron chi connectivity index (χ3n) is 5.24. The summed E-state index contributed by atoms with van der Waals surface area (Å²) in [6, 6.07) is 11.7. The predicted octanol–water partition coefficient (Wildman–Crippen LogP) is 5.43. The number of halogens is 3. The van der Waals surface area contributed by atoms with E-state index in [0.717, 1.165) is 36.1 Å². The molecule has 8 heteroatoms. The van der Waals surface area contributed by atoms with Gasteiger partial charge in [0.15, 0.2) is 0 Å². The van der Waals surface area contributed by atoms with E-state index in [1.165, 1.54) is 17.0 Å². The van der Waals surface area contributed by atoms with Gasteiger partial charge in [-0.3, -0.25) is 4.79 Å². The molecule has 0 N–H and O–H groups in total. The summed E-state index contributed by atoms with van der Waals surface area (Å²) in [4.78, 5) is 19.0. The van der Waals surface area contributed by atoms with Gasteiger partial charge in [-0.1, -0.05) is 41.1 Å². The second kappa shape index (κ2) is 7.93. The largest absolute Gasteiger partial charge is 0.416 e. The van der Waals surface area contributed by atoms with Crippen molar-refractivity contribution in [3.8, 4) is 11.4 Å². The maximum Gasteiger partial charge on any atom is 0.416 e. The number of alkyl halides is 3. The van der Waals surface area contributed by atoms with Crippen LogP contribution < -0.4 is 0 Å². The van der Waals surface area contributed by atoms with Gasteiger partial charge in [0, 0.05) is 17.7 Å². The van der Waals surface area contributed by atoms with Crippen LogP contribution in [0, 0.1) is 6.92 Å². The molecule has 2 aromatic carbocycles. The minimum atomic E-state index is -4.51. The number of carbonyl (C=O) groups excluding carboxylic acids is 1. The molecular weight excluding hydrogens is 395 g/mol. The molecule has 1 amide bonds. The zero-order valence-corrected chi connectivity index (χ0v) is 16.3. The topological polar surface area (TPSA) is 59.2 Å². The molecule has 3 aromatic rings. The van der Waals surface area contributed by atoms with Crippen LogP contribution in [0.1, 0.15) is 52.7 Å². The number of nitrogens with zero attached hydrogens (tertiary/aromatic N) is 3. The number of amides is 1. The van der Waals surface area contributed by atoms with Crippen molar-refractivity contribution in [3.63, 3.8) is 0 Å². The van der Waals surface area contributed by atoms with Gasteiger partial charge >= 0.3 is 6.18 Å². The minimum Gasteiger partial charge on any atom is -0.337 e. The van der Waals surface area contributed by atoms with Gasteiger partial charge in [-0.2, -0.15) is 18.2 Å². The number of likely N-dealkylation sites (tertiary alicyclic amines) is 1. The van der Waals surface area contributed by atoms with Crippen molar-refractivity contribution < 1.29 is 22.5 Å². The van der Waals surface area contributed by atoms with Crippen LogP contribution >= 0.6 is 0 Å². The summed E-state index contributed by atoms with van der Waals surface area (Å²) in [6.07, 6.45) is -2.27. The lowest BCUT2D eigenvalue weighted by Crippen LogP contribution is -2.38. The van der Waals surface area contributed by atoms with Crippen LogP contribution in [0.15, 0.2) is 53.1 Å². The minimum absolute atomic E-state index is 0.00463. The third-order valence-corrected chi connectivity index (χ3v) is 5.24. The summed E-state index contributed by atoms with van der Waals surface area (Å²) in [6.45, 7) is 2.40. The molecule has 1 aromatic heterocycles. The van der Waals surface area contributed by atoms with Crippen molar-refractivity contribution in [1.29, 1.82) is 0 Å². The zero-order chi connectivity index (χ0) is 21.3. The lowest BCUT2D eigenvalue weighted by Gasteiger charge is -2.33. The van der Waals surface area contributed by atoms with E-state index in [9.17, 15) is 18.0 Å². The van der Waals surface area contributed by atoms with E-state index in [4.69, 9.17) is 4.52 Å². The highest BCUT2D eigenvalue weighted by Gasteiger charge is 2.35. The molecule has 4 rings (SSSR count). The standard InChI is InChI=1S/C22H20F3N3O2/c1-14-8-10-15(11-9-14)19-26-20(30-27-19)18-7-2-3-12-28(18)21(29)16-5-4-6-17(13-16)22(23,24)25/h4-6,8-11,13,18H,2-3,7,12H2,1H3. The molecule has 1 aliphatic heterocycles. The molecule has 0 radical (unpaired) electrons. The highest BCUT2D eigenvalue weighted by molar-refractivity contribution is 5.94. The Kier molecular flexibility index (Phi) is 5.32. The van der Waals surface area contributed by atoms with Gasteiger partial charge in [-0.15, -0.1) is 0 Å². The second-order valence-electron chi connectivity index (χ2n) is 7.41. The number of aryl methyl sites for hydroxylation is 1. The number of hydrogen-bond donors (Lipinski definition) is 0. The lowest BCUT2D eigenvalue weighted by molar-refractivity contribution is -0.137. The van der Waals surface area contributed by atoms with Crippen molar-refractivity contribution in [2.24, 2.45) is 0 Å². The second-order valence-corrected chi connectivity index (χ2v) is 7.41. The Morgan fingerprint density at radius 2 is 1.90 bits per heavy atom. The molecule has 0 bridgehead atoms. The van der Waals surface area contributed by atoms with Gasteiger partial charge < -0.3 is 9.42 Å². The normalized spacial score (nSPS) is 17.2. The van der Waals surface area contributed by atoms with E-state index in [2.05, 4.69) is 10.1 Å². The summed E-state index contributed by atoms with van der Waals surface area (Å²) in [7, 11) is 0. The van der Waals surface area contributed by atoms with E-state index < -0.39 is 23.7 Å². The maximum atomic E-state index is 13.0. The molecule has 1 unspecified atom stereocenters. The number of benzene rings is 2. The fourth-order valence-electron chi connectivity index (χ4n) is 3.62. The van der Waals surface area contributed by atoms with E-state index in [-0.39, 0.29) is 5.56 Å². The number of aromatic nitrogens is 2. The number of piperidine rings is 1. The Morgan fingerprint density at radius 3 is 2.63 bits per heavy atom. The van der Waals surface area contributed by atoms with Crippen LogP contribution in [0.3, 0.4) is 0 Å². The van der Waals surface area contributed by atoms with Crippen molar-refractivity contribution in [2.75, 3.05) is 6.54 Å². The van der Waals surface area contributed by atoms with Gasteiger partial charge in [0.2, 0.25) is 11.7 Å². The summed E-state index contributed by atoms with van der Waals surface area (Å²) in [5, 5.41) is 4.03. The average Bonchev–Trinajstić information content (AvgIpc) is 3.23. The molecule has 1 atom stereocenters. The fourth-order valence-corrected chi connectivity index (χ4v) is 3.62. The smallest absolute Gasteiger partial charge is 0.337 e. The molecule has 30 heavy (non-hydrogen) atoms. The zero-order valence-electron chi connectivity index (χ0n) is 16.3. The fraction of sp³-hybridized carbons (Fsp3) is 0.318. The lowest BCUT2D eigenvalue weighted by atomic mass is 10.00. The molecule has 1 aliphatic rings.